The number of sulfone groups is 1. The van der Waals surface area contributed by atoms with Crippen molar-refractivity contribution >= 4 is 21.6 Å². The number of benzene rings is 1. The van der Waals surface area contributed by atoms with Crippen molar-refractivity contribution in [2.75, 3.05) is 23.4 Å². The molecule has 3 rings (SSSR count). The average molecular weight is 409 g/mol. The number of nitrogens with one attached hydrogen (secondary N) is 1. The van der Waals surface area contributed by atoms with Crippen LogP contribution >= 0.6 is 0 Å². The van der Waals surface area contributed by atoms with Gasteiger partial charge in [-0.15, -0.1) is 0 Å². The van der Waals surface area contributed by atoms with Gasteiger partial charge in [0.25, 0.3) is 5.91 Å². The molecule has 1 aliphatic rings. The Morgan fingerprint density at radius 1 is 1.36 bits per heavy atom. The summed E-state index contributed by atoms with van der Waals surface area (Å²) in [6, 6.07) is 6.97. The van der Waals surface area contributed by atoms with E-state index >= 15 is 0 Å². The number of carbonyl (C=O) groups is 1. The molecule has 7 nitrogen and oxygen atoms in total. The smallest absolute Gasteiger partial charge is 0.263 e. The maximum atomic E-state index is 13.2. The van der Waals surface area contributed by atoms with Gasteiger partial charge in [-0.05, 0) is 18.6 Å². The zero-order valence-corrected chi connectivity index (χ0v) is 16.9. The van der Waals surface area contributed by atoms with E-state index in [1.807, 2.05) is 20.8 Å². The van der Waals surface area contributed by atoms with Crippen molar-refractivity contribution in [3.8, 4) is 5.75 Å². The molecule has 1 N–H and O–H groups in total. The van der Waals surface area contributed by atoms with Crippen molar-refractivity contribution in [2.45, 2.75) is 38.6 Å². The second-order valence-corrected chi connectivity index (χ2v) is 10.2. The number of anilines is 1. The summed E-state index contributed by atoms with van der Waals surface area (Å²) >= 11 is 0. The molecule has 0 bridgehead atoms. The van der Waals surface area contributed by atoms with Crippen LogP contribution in [-0.2, 0) is 20.0 Å². The van der Waals surface area contributed by atoms with Gasteiger partial charge in [0, 0.05) is 17.5 Å². The fourth-order valence-corrected chi connectivity index (χ4v) is 4.68. The number of nitrogens with zero attached hydrogens (tertiary/aromatic N) is 2. The van der Waals surface area contributed by atoms with E-state index in [1.54, 1.807) is 16.8 Å². The zero-order chi connectivity index (χ0) is 20.5. The molecule has 28 heavy (non-hydrogen) atoms. The second kappa shape index (κ2) is 7.54. The Morgan fingerprint density at radius 3 is 2.71 bits per heavy atom. The minimum Gasteiger partial charge on any atom is -0.484 e. The van der Waals surface area contributed by atoms with Crippen LogP contribution < -0.4 is 10.1 Å². The largest absolute Gasteiger partial charge is 0.484 e. The van der Waals surface area contributed by atoms with Crippen LogP contribution in [0.4, 0.5) is 10.2 Å². The van der Waals surface area contributed by atoms with Crippen LogP contribution in [-0.4, -0.2) is 42.2 Å². The molecule has 1 saturated heterocycles. The van der Waals surface area contributed by atoms with Crippen molar-refractivity contribution in [3.63, 3.8) is 0 Å². The Morgan fingerprint density at radius 2 is 2.11 bits per heavy atom. The predicted octanol–water partition coefficient (Wildman–Crippen LogP) is 2.70. The minimum atomic E-state index is -3.10. The highest BCUT2D eigenvalue weighted by molar-refractivity contribution is 7.91. The molecule has 0 aliphatic carbocycles. The zero-order valence-electron chi connectivity index (χ0n) is 16.1. The quantitative estimate of drug-likeness (QED) is 0.820. The molecule has 1 aromatic carbocycles. The summed E-state index contributed by atoms with van der Waals surface area (Å²) < 4.78 is 43.8. The maximum Gasteiger partial charge on any atom is 0.263 e. The fourth-order valence-electron chi connectivity index (χ4n) is 2.99. The molecule has 1 atom stereocenters. The summed E-state index contributed by atoms with van der Waals surface area (Å²) in [5.41, 5.74) is 0.485. The van der Waals surface area contributed by atoms with Crippen LogP contribution in [0.1, 0.15) is 38.9 Å². The first kappa shape index (κ1) is 20.3. The number of amides is 1. The van der Waals surface area contributed by atoms with Crippen molar-refractivity contribution in [3.05, 3.63) is 41.8 Å². The lowest BCUT2D eigenvalue weighted by Crippen LogP contribution is -2.24. The number of ether oxygens (including phenoxy) is 1. The molecule has 1 amide bonds. The molecule has 0 saturated carbocycles. The molecule has 1 aliphatic heterocycles. The Hall–Kier alpha value is -2.42. The van der Waals surface area contributed by atoms with Crippen LogP contribution in [0.25, 0.3) is 0 Å². The van der Waals surface area contributed by atoms with Gasteiger partial charge in [0.05, 0.1) is 23.2 Å². The highest BCUT2D eigenvalue weighted by atomic mass is 32.2. The molecule has 0 spiro atoms. The van der Waals surface area contributed by atoms with E-state index in [4.69, 9.17) is 4.74 Å². The summed E-state index contributed by atoms with van der Waals surface area (Å²) in [6.07, 6.45) is 0.455. The second-order valence-electron chi connectivity index (χ2n) is 7.96. The molecule has 0 radical (unpaired) electrons. The van der Waals surface area contributed by atoms with Crippen LogP contribution in [0.2, 0.25) is 0 Å². The van der Waals surface area contributed by atoms with Crippen LogP contribution in [0.5, 0.6) is 5.75 Å². The topological polar surface area (TPSA) is 90.3 Å². The molecule has 2 aromatic rings. The van der Waals surface area contributed by atoms with E-state index in [9.17, 15) is 17.6 Å². The summed E-state index contributed by atoms with van der Waals surface area (Å²) in [7, 11) is -3.10. The van der Waals surface area contributed by atoms with Crippen molar-refractivity contribution in [2.24, 2.45) is 0 Å². The first-order chi connectivity index (χ1) is 13.0. The van der Waals surface area contributed by atoms with Gasteiger partial charge in [0.1, 0.15) is 17.4 Å². The lowest BCUT2D eigenvalue weighted by atomic mass is 9.92. The molecule has 152 valence electrons. The fraction of sp³-hybridized carbons (Fsp3) is 0.474. The summed E-state index contributed by atoms with van der Waals surface area (Å²) in [5, 5.41) is 7.30. The summed E-state index contributed by atoms with van der Waals surface area (Å²) in [6.45, 7) is 5.67. The number of rotatable bonds is 5. The van der Waals surface area contributed by atoms with E-state index in [-0.39, 0.29) is 35.3 Å². The van der Waals surface area contributed by atoms with Crippen molar-refractivity contribution in [1.29, 1.82) is 0 Å². The number of aromatic nitrogens is 2. The minimum absolute atomic E-state index is 0.000918. The number of hydrogen-bond acceptors (Lipinski definition) is 5. The molecule has 1 unspecified atom stereocenters. The standard InChI is InChI=1S/C19H24FN3O4S/c1-19(2,3)16-10-17(23(22-16)14-7-8-28(25,26)12-14)21-18(24)11-27-15-6-4-5-13(20)9-15/h4-6,9-10,14H,7-8,11-12H2,1-3H3,(H,21,24). The molecular formula is C19H24FN3O4S. The van der Waals surface area contributed by atoms with E-state index in [2.05, 4.69) is 10.4 Å². The number of carbonyl (C=O) groups excluding carboxylic acids is 1. The predicted molar refractivity (Wildman–Crippen MR) is 104 cm³/mol. The molecular weight excluding hydrogens is 385 g/mol. The highest BCUT2D eigenvalue weighted by Gasteiger charge is 2.32. The number of halogens is 1. The molecule has 2 heterocycles. The van der Waals surface area contributed by atoms with Gasteiger partial charge in [-0.3, -0.25) is 4.79 Å². The van der Waals surface area contributed by atoms with Gasteiger partial charge in [-0.1, -0.05) is 26.8 Å². The van der Waals surface area contributed by atoms with Crippen LogP contribution in [0, 0.1) is 5.82 Å². The third-order valence-electron chi connectivity index (χ3n) is 4.49. The van der Waals surface area contributed by atoms with Crippen LogP contribution in [0.3, 0.4) is 0 Å². The third kappa shape index (κ3) is 4.89. The third-order valence-corrected chi connectivity index (χ3v) is 6.24. The van der Waals surface area contributed by atoms with Crippen molar-refractivity contribution in [1.82, 2.24) is 9.78 Å². The Labute approximate surface area is 163 Å². The van der Waals surface area contributed by atoms with E-state index in [0.29, 0.717) is 12.2 Å². The Kier molecular flexibility index (Phi) is 5.47. The first-order valence-corrected chi connectivity index (χ1v) is 10.8. The average Bonchev–Trinajstić information content (AvgIpc) is 3.16. The van der Waals surface area contributed by atoms with E-state index in [1.165, 1.54) is 18.2 Å². The van der Waals surface area contributed by atoms with Crippen molar-refractivity contribution < 1.29 is 22.3 Å². The Bertz CT molecular complexity index is 979. The van der Waals surface area contributed by atoms with Gasteiger partial charge in [-0.25, -0.2) is 17.5 Å². The Balaban J connectivity index is 1.76. The molecule has 1 aromatic heterocycles. The van der Waals surface area contributed by atoms with E-state index in [0.717, 1.165) is 5.69 Å². The lowest BCUT2D eigenvalue weighted by Gasteiger charge is -2.15. The van der Waals surface area contributed by atoms with E-state index < -0.39 is 21.6 Å². The summed E-state index contributed by atoms with van der Waals surface area (Å²) in [4.78, 5) is 12.3. The highest BCUT2D eigenvalue weighted by Crippen LogP contribution is 2.30. The molecule has 9 heteroatoms. The summed E-state index contributed by atoms with van der Waals surface area (Å²) in [5.74, 6) is -0.0971. The van der Waals surface area contributed by atoms with Gasteiger partial charge < -0.3 is 10.1 Å². The monoisotopic (exact) mass is 409 g/mol. The maximum absolute atomic E-state index is 13.2. The van der Waals surface area contributed by atoms with Gasteiger partial charge in [0.15, 0.2) is 16.4 Å². The molecule has 1 fully saturated rings. The van der Waals surface area contributed by atoms with Gasteiger partial charge in [-0.2, -0.15) is 5.10 Å². The lowest BCUT2D eigenvalue weighted by molar-refractivity contribution is -0.118. The van der Waals surface area contributed by atoms with Gasteiger partial charge in [0.2, 0.25) is 0 Å². The normalized spacial score (nSPS) is 18.8. The first-order valence-electron chi connectivity index (χ1n) is 9.02. The van der Waals surface area contributed by atoms with Crippen LogP contribution in [0.15, 0.2) is 30.3 Å². The number of hydrogen-bond donors (Lipinski definition) is 1. The SMILES string of the molecule is CC(C)(C)c1cc(NC(=O)COc2cccc(F)c2)n(C2CCS(=O)(=O)C2)n1. The van der Waals surface area contributed by atoms with Gasteiger partial charge >= 0.3 is 0 Å².